The second-order valence-corrected chi connectivity index (χ2v) is 4.90. The van der Waals surface area contributed by atoms with Crippen LogP contribution in [0.15, 0.2) is 43.1 Å². The van der Waals surface area contributed by atoms with Crippen molar-refractivity contribution in [2.75, 3.05) is 7.11 Å². The van der Waals surface area contributed by atoms with Crippen molar-refractivity contribution >= 4 is 21.8 Å². The van der Waals surface area contributed by atoms with Crippen LogP contribution in [0.3, 0.4) is 0 Å². The van der Waals surface area contributed by atoms with Gasteiger partial charge in [0.25, 0.3) is 0 Å². The van der Waals surface area contributed by atoms with Crippen LogP contribution in [0.25, 0.3) is 21.8 Å². The number of pyridine rings is 1. The van der Waals surface area contributed by atoms with Crippen LogP contribution in [0.5, 0.6) is 5.75 Å². The van der Waals surface area contributed by atoms with Gasteiger partial charge in [0.05, 0.1) is 23.8 Å². The van der Waals surface area contributed by atoms with Gasteiger partial charge in [-0.1, -0.05) is 6.08 Å². The maximum absolute atomic E-state index is 5.36. The summed E-state index contributed by atoms with van der Waals surface area (Å²) in [6.07, 6.45) is 4.76. The van der Waals surface area contributed by atoms with E-state index in [1.807, 2.05) is 18.3 Å². The van der Waals surface area contributed by atoms with Crippen LogP contribution in [0.1, 0.15) is 12.1 Å². The summed E-state index contributed by atoms with van der Waals surface area (Å²) in [7, 11) is 1.70. The second-order valence-electron chi connectivity index (χ2n) is 4.90. The van der Waals surface area contributed by atoms with E-state index in [9.17, 15) is 0 Å². The smallest absolute Gasteiger partial charge is 0.120 e. The lowest BCUT2D eigenvalue weighted by molar-refractivity contribution is 0.415. The molecule has 3 rings (SSSR count). The van der Waals surface area contributed by atoms with Gasteiger partial charge < -0.3 is 9.30 Å². The Morgan fingerprint density at radius 3 is 2.90 bits per heavy atom. The summed E-state index contributed by atoms with van der Waals surface area (Å²) in [5.41, 5.74) is 3.46. The first-order valence-corrected chi connectivity index (χ1v) is 6.78. The summed E-state index contributed by atoms with van der Waals surface area (Å²) in [6.45, 7) is 6.79. The van der Waals surface area contributed by atoms with E-state index >= 15 is 0 Å². The number of allylic oxidation sites excluding steroid dienone is 1. The zero-order valence-electron chi connectivity index (χ0n) is 11.9. The Kier molecular flexibility index (Phi) is 3.18. The van der Waals surface area contributed by atoms with Gasteiger partial charge in [0.2, 0.25) is 0 Å². The minimum absolute atomic E-state index is 0.880. The minimum atomic E-state index is 0.880. The third-order valence-corrected chi connectivity index (χ3v) is 3.72. The molecule has 0 aliphatic carbocycles. The van der Waals surface area contributed by atoms with Crippen molar-refractivity contribution in [3.63, 3.8) is 0 Å². The zero-order valence-corrected chi connectivity index (χ0v) is 11.9. The quantitative estimate of drug-likeness (QED) is 0.665. The fourth-order valence-electron chi connectivity index (χ4n) is 2.78. The molecule has 0 atom stereocenters. The van der Waals surface area contributed by atoms with E-state index in [1.54, 1.807) is 7.11 Å². The van der Waals surface area contributed by atoms with Crippen LogP contribution in [0.2, 0.25) is 0 Å². The molecule has 0 amide bonds. The largest absolute Gasteiger partial charge is 0.497 e. The third kappa shape index (κ3) is 1.86. The van der Waals surface area contributed by atoms with Crippen molar-refractivity contribution in [1.29, 1.82) is 0 Å². The van der Waals surface area contributed by atoms with Gasteiger partial charge in [-0.2, -0.15) is 0 Å². The van der Waals surface area contributed by atoms with Crippen molar-refractivity contribution in [3.05, 3.63) is 48.8 Å². The second kappa shape index (κ2) is 5.00. The molecule has 0 radical (unpaired) electrons. The zero-order chi connectivity index (χ0) is 14.1. The van der Waals surface area contributed by atoms with Crippen LogP contribution in [-0.2, 0) is 6.54 Å². The Bertz CT molecular complexity index is 786. The molecule has 3 nitrogen and oxygen atoms in total. The Morgan fingerprint density at radius 1 is 1.30 bits per heavy atom. The van der Waals surface area contributed by atoms with Gasteiger partial charge in [-0.05, 0) is 31.5 Å². The Morgan fingerprint density at radius 2 is 2.15 bits per heavy atom. The molecular weight excluding hydrogens is 248 g/mol. The first-order chi connectivity index (χ1) is 9.76. The van der Waals surface area contributed by atoms with Gasteiger partial charge in [0.1, 0.15) is 5.75 Å². The van der Waals surface area contributed by atoms with E-state index in [2.05, 4.69) is 41.3 Å². The fourth-order valence-corrected chi connectivity index (χ4v) is 2.78. The molecule has 0 unspecified atom stereocenters. The first-order valence-electron chi connectivity index (χ1n) is 6.78. The number of ether oxygens (including phenoxy) is 1. The number of rotatable bonds is 4. The number of fused-ring (bicyclic) bond motifs is 3. The molecule has 0 N–H and O–H groups in total. The predicted octanol–water partition coefficient (Wildman–Crippen LogP) is 4.08. The van der Waals surface area contributed by atoms with Crippen LogP contribution in [0.4, 0.5) is 0 Å². The van der Waals surface area contributed by atoms with Crippen molar-refractivity contribution in [2.45, 2.75) is 19.9 Å². The number of aromatic nitrogens is 2. The van der Waals surface area contributed by atoms with Gasteiger partial charge in [-0.3, -0.25) is 4.98 Å². The van der Waals surface area contributed by atoms with Gasteiger partial charge in [0.15, 0.2) is 0 Å². The maximum atomic E-state index is 5.36. The molecule has 0 aliphatic rings. The van der Waals surface area contributed by atoms with Crippen LogP contribution in [-0.4, -0.2) is 16.7 Å². The summed E-state index contributed by atoms with van der Waals surface area (Å²) in [4.78, 5) is 4.44. The fraction of sp³-hybridized carbons (Fsp3) is 0.235. The molecule has 2 heterocycles. The predicted molar refractivity (Wildman–Crippen MR) is 83.3 cm³/mol. The topological polar surface area (TPSA) is 27.1 Å². The summed E-state index contributed by atoms with van der Waals surface area (Å²) >= 11 is 0. The lowest BCUT2D eigenvalue weighted by Gasteiger charge is -2.07. The Hall–Kier alpha value is -2.29. The molecule has 3 aromatic rings. The highest BCUT2D eigenvalue weighted by Crippen LogP contribution is 2.32. The van der Waals surface area contributed by atoms with E-state index in [0.29, 0.717) is 0 Å². The number of benzene rings is 1. The molecule has 0 fully saturated rings. The molecular formula is C17H18N2O. The first kappa shape index (κ1) is 12.7. The third-order valence-electron chi connectivity index (χ3n) is 3.72. The van der Waals surface area contributed by atoms with Gasteiger partial charge in [-0.25, -0.2) is 0 Å². The van der Waals surface area contributed by atoms with E-state index in [-0.39, 0.29) is 0 Å². The van der Waals surface area contributed by atoms with E-state index in [1.165, 1.54) is 21.8 Å². The minimum Gasteiger partial charge on any atom is -0.497 e. The monoisotopic (exact) mass is 266 g/mol. The number of aryl methyl sites for hydroxylation is 2. The SMILES string of the molecule is C=CCCn1c2cc(OC)ccc2c2ccnc(C)c21. The molecule has 3 heteroatoms. The highest BCUT2D eigenvalue weighted by atomic mass is 16.5. The van der Waals surface area contributed by atoms with Crippen LogP contribution >= 0.6 is 0 Å². The lowest BCUT2D eigenvalue weighted by atomic mass is 10.1. The summed E-state index contributed by atoms with van der Waals surface area (Å²) in [5.74, 6) is 0.880. The standard InChI is InChI=1S/C17H18N2O/c1-4-5-10-19-16-11-13(20-3)6-7-14(16)15-8-9-18-12(2)17(15)19/h4,6-9,11H,1,5,10H2,2-3H3. The Labute approximate surface area is 118 Å². The van der Waals surface area contributed by atoms with Gasteiger partial charge >= 0.3 is 0 Å². The highest BCUT2D eigenvalue weighted by molar-refractivity contribution is 6.09. The molecule has 102 valence electrons. The Balaban J connectivity index is 2.40. The number of nitrogens with zero attached hydrogens (tertiary/aromatic N) is 2. The van der Waals surface area contributed by atoms with Crippen molar-refractivity contribution < 1.29 is 4.74 Å². The molecule has 0 saturated carbocycles. The molecule has 0 aliphatic heterocycles. The molecule has 1 aromatic carbocycles. The van der Waals surface area contributed by atoms with Gasteiger partial charge in [-0.15, -0.1) is 6.58 Å². The van der Waals surface area contributed by atoms with Crippen molar-refractivity contribution in [2.24, 2.45) is 0 Å². The molecule has 20 heavy (non-hydrogen) atoms. The number of methoxy groups -OCH3 is 1. The molecule has 0 saturated heterocycles. The molecule has 0 spiro atoms. The highest BCUT2D eigenvalue weighted by Gasteiger charge is 2.13. The van der Waals surface area contributed by atoms with E-state index < -0.39 is 0 Å². The van der Waals surface area contributed by atoms with Crippen molar-refractivity contribution in [3.8, 4) is 5.75 Å². The normalized spacial score (nSPS) is 11.1. The summed E-state index contributed by atoms with van der Waals surface area (Å²) in [5, 5.41) is 2.49. The average molecular weight is 266 g/mol. The number of hydrogen-bond acceptors (Lipinski definition) is 2. The number of hydrogen-bond donors (Lipinski definition) is 0. The van der Waals surface area contributed by atoms with Gasteiger partial charge in [0, 0.05) is 29.6 Å². The molecule has 0 bridgehead atoms. The molecule has 2 aromatic heterocycles. The van der Waals surface area contributed by atoms with Crippen molar-refractivity contribution in [1.82, 2.24) is 9.55 Å². The summed E-state index contributed by atoms with van der Waals surface area (Å²) in [6, 6.07) is 8.31. The van der Waals surface area contributed by atoms with Crippen LogP contribution in [0, 0.1) is 6.92 Å². The average Bonchev–Trinajstić information content (AvgIpc) is 2.79. The van der Waals surface area contributed by atoms with Crippen LogP contribution < -0.4 is 4.74 Å². The lowest BCUT2D eigenvalue weighted by Crippen LogP contribution is -1.98. The van der Waals surface area contributed by atoms with E-state index in [4.69, 9.17) is 4.74 Å². The van der Waals surface area contributed by atoms with E-state index in [0.717, 1.165) is 24.4 Å². The maximum Gasteiger partial charge on any atom is 0.120 e. The summed E-state index contributed by atoms with van der Waals surface area (Å²) < 4.78 is 7.68.